The highest BCUT2D eigenvalue weighted by Gasteiger charge is 2.06. The number of hydrogen-bond acceptors (Lipinski definition) is 2. The van der Waals surface area contributed by atoms with Crippen LogP contribution in [0.4, 0.5) is 0 Å². The molecule has 0 aliphatic heterocycles. The molecule has 1 aromatic carbocycles. The van der Waals surface area contributed by atoms with Crippen molar-refractivity contribution in [2.24, 2.45) is 0 Å². The maximum Gasteiger partial charge on any atom is 0.137 e. The van der Waals surface area contributed by atoms with Crippen LogP contribution in [-0.2, 0) is 0 Å². The summed E-state index contributed by atoms with van der Waals surface area (Å²) in [5.41, 5.74) is 4.35. The number of nitrogens with zero attached hydrogens (tertiary/aromatic N) is 2. The smallest absolute Gasteiger partial charge is 0.137 e. The highest BCUT2D eigenvalue weighted by atomic mass is 16.5. The molecule has 3 aromatic rings. The Morgan fingerprint density at radius 2 is 2.06 bits per heavy atom. The number of ether oxygens (including phenoxy) is 1. The van der Waals surface area contributed by atoms with Crippen molar-refractivity contribution in [1.29, 1.82) is 0 Å². The van der Waals surface area contributed by atoms with Gasteiger partial charge in [0.25, 0.3) is 0 Å². The summed E-state index contributed by atoms with van der Waals surface area (Å²) < 4.78 is 7.34. The van der Waals surface area contributed by atoms with E-state index in [4.69, 9.17) is 4.74 Å². The Morgan fingerprint density at radius 1 is 1.17 bits per heavy atom. The molecule has 0 spiro atoms. The van der Waals surface area contributed by atoms with E-state index in [1.807, 2.05) is 30.6 Å². The highest BCUT2D eigenvalue weighted by molar-refractivity contribution is 5.65. The maximum atomic E-state index is 5.25. The molecule has 0 saturated carbocycles. The summed E-state index contributed by atoms with van der Waals surface area (Å²) in [4.78, 5) is 4.43. The van der Waals surface area contributed by atoms with E-state index < -0.39 is 0 Å². The first-order chi connectivity index (χ1) is 8.78. The van der Waals surface area contributed by atoms with Crippen LogP contribution < -0.4 is 4.74 Å². The second kappa shape index (κ2) is 4.18. The SMILES string of the molecule is COc1cccc(-c2cnc3cc(C)ccn23)c1. The topological polar surface area (TPSA) is 26.5 Å². The fraction of sp³-hybridized carbons (Fsp3) is 0.133. The number of aryl methyl sites for hydroxylation is 1. The van der Waals surface area contributed by atoms with Crippen LogP contribution in [0.15, 0.2) is 48.8 Å². The van der Waals surface area contributed by atoms with Crippen LogP contribution in [0.1, 0.15) is 5.56 Å². The summed E-state index contributed by atoms with van der Waals surface area (Å²) >= 11 is 0. The molecular formula is C15H14N2O. The molecule has 0 aliphatic rings. The summed E-state index contributed by atoms with van der Waals surface area (Å²) in [5, 5.41) is 0. The zero-order valence-corrected chi connectivity index (χ0v) is 10.4. The molecule has 0 atom stereocenters. The van der Waals surface area contributed by atoms with E-state index in [0.717, 1.165) is 22.7 Å². The quantitative estimate of drug-likeness (QED) is 0.684. The van der Waals surface area contributed by atoms with Gasteiger partial charge in [-0.05, 0) is 36.8 Å². The van der Waals surface area contributed by atoms with Gasteiger partial charge in [-0.25, -0.2) is 4.98 Å². The van der Waals surface area contributed by atoms with Gasteiger partial charge in [0.2, 0.25) is 0 Å². The van der Waals surface area contributed by atoms with Crippen molar-refractivity contribution in [3.8, 4) is 17.0 Å². The summed E-state index contributed by atoms with van der Waals surface area (Å²) in [6.45, 7) is 2.07. The van der Waals surface area contributed by atoms with Gasteiger partial charge in [0.1, 0.15) is 11.4 Å². The van der Waals surface area contributed by atoms with Gasteiger partial charge in [0, 0.05) is 11.8 Å². The van der Waals surface area contributed by atoms with Gasteiger partial charge in [0.05, 0.1) is 19.0 Å². The Balaban J connectivity index is 2.19. The van der Waals surface area contributed by atoms with Gasteiger partial charge in [-0.15, -0.1) is 0 Å². The molecule has 18 heavy (non-hydrogen) atoms. The first-order valence-corrected chi connectivity index (χ1v) is 5.86. The van der Waals surface area contributed by atoms with Crippen LogP contribution in [0, 0.1) is 6.92 Å². The number of pyridine rings is 1. The molecule has 0 radical (unpaired) electrons. The number of hydrogen-bond donors (Lipinski definition) is 0. The highest BCUT2D eigenvalue weighted by Crippen LogP contribution is 2.24. The average molecular weight is 238 g/mol. The molecule has 90 valence electrons. The Morgan fingerprint density at radius 3 is 2.89 bits per heavy atom. The molecule has 3 heteroatoms. The number of benzene rings is 1. The van der Waals surface area contributed by atoms with Gasteiger partial charge in [0.15, 0.2) is 0 Å². The molecule has 0 N–H and O–H groups in total. The zero-order valence-electron chi connectivity index (χ0n) is 10.4. The second-order valence-corrected chi connectivity index (χ2v) is 4.31. The fourth-order valence-electron chi connectivity index (χ4n) is 2.08. The first-order valence-electron chi connectivity index (χ1n) is 5.86. The Labute approximate surface area is 106 Å². The van der Waals surface area contributed by atoms with Gasteiger partial charge >= 0.3 is 0 Å². The van der Waals surface area contributed by atoms with Gasteiger partial charge in [-0.2, -0.15) is 0 Å². The fourth-order valence-corrected chi connectivity index (χ4v) is 2.08. The van der Waals surface area contributed by atoms with Crippen molar-refractivity contribution in [2.45, 2.75) is 6.92 Å². The number of fused-ring (bicyclic) bond motifs is 1. The van der Waals surface area contributed by atoms with E-state index in [-0.39, 0.29) is 0 Å². The summed E-state index contributed by atoms with van der Waals surface area (Å²) in [6.07, 6.45) is 3.94. The third-order valence-corrected chi connectivity index (χ3v) is 3.03. The predicted octanol–water partition coefficient (Wildman–Crippen LogP) is 3.32. The summed E-state index contributed by atoms with van der Waals surface area (Å²) in [7, 11) is 1.68. The van der Waals surface area contributed by atoms with Crippen LogP contribution in [0.2, 0.25) is 0 Å². The van der Waals surface area contributed by atoms with Crippen molar-refractivity contribution in [1.82, 2.24) is 9.38 Å². The molecule has 0 unspecified atom stereocenters. The van der Waals surface area contributed by atoms with Crippen molar-refractivity contribution >= 4 is 5.65 Å². The monoisotopic (exact) mass is 238 g/mol. The maximum absolute atomic E-state index is 5.25. The number of imidazole rings is 1. The summed E-state index contributed by atoms with van der Waals surface area (Å²) in [5.74, 6) is 0.856. The standard InChI is InChI=1S/C15H14N2O/c1-11-6-7-17-14(10-16-15(17)8-11)12-4-3-5-13(9-12)18-2/h3-10H,1-2H3. The molecule has 2 heterocycles. The van der Waals surface area contributed by atoms with Crippen LogP contribution in [0.3, 0.4) is 0 Å². The van der Waals surface area contributed by atoms with Crippen molar-refractivity contribution in [3.63, 3.8) is 0 Å². The average Bonchev–Trinajstić information content (AvgIpc) is 2.81. The number of rotatable bonds is 2. The van der Waals surface area contributed by atoms with Gasteiger partial charge in [-0.1, -0.05) is 12.1 Å². The lowest BCUT2D eigenvalue weighted by molar-refractivity contribution is 0.415. The zero-order chi connectivity index (χ0) is 12.5. The third kappa shape index (κ3) is 1.74. The van der Waals surface area contributed by atoms with E-state index in [1.165, 1.54) is 5.56 Å². The van der Waals surface area contributed by atoms with Crippen molar-refractivity contribution in [2.75, 3.05) is 7.11 Å². The Kier molecular flexibility index (Phi) is 2.52. The largest absolute Gasteiger partial charge is 0.497 e. The molecule has 0 saturated heterocycles. The van der Waals surface area contributed by atoms with E-state index in [0.29, 0.717) is 0 Å². The normalized spacial score (nSPS) is 10.8. The molecular weight excluding hydrogens is 224 g/mol. The van der Waals surface area contributed by atoms with E-state index >= 15 is 0 Å². The second-order valence-electron chi connectivity index (χ2n) is 4.31. The number of aromatic nitrogens is 2. The van der Waals surface area contributed by atoms with Crippen LogP contribution >= 0.6 is 0 Å². The van der Waals surface area contributed by atoms with E-state index in [1.54, 1.807) is 7.11 Å². The molecule has 0 bridgehead atoms. The minimum atomic E-state index is 0.856. The summed E-state index contributed by atoms with van der Waals surface area (Å²) in [6, 6.07) is 12.2. The molecule has 3 nitrogen and oxygen atoms in total. The molecule has 0 fully saturated rings. The van der Waals surface area contributed by atoms with Crippen LogP contribution in [-0.4, -0.2) is 16.5 Å². The van der Waals surface area contributed by atoms with Crippen molar-refractivity contribution < 1.29 is 4.74 Å². The van der Waals surface area contributed by atoms with Crippen LogP contribution in [0.5, 0.6) is 5.75 Å². The molecule has 2 aromatic heterocycles. The molecule has 0 aliphatic carbocycles. The lowest BCUT2D eigenvalue weighted by Gasteiger charge is -2.05. The lowest BCUT2D eigenvalue weighted by atomic mass is 10.1. The van der Waals surface area contributed by atoms with Gasteiger partial charge in [-0.3, -0.25) is 4.40 Å². The first kappa shape index (κ1) is 10.8. The van der Waals surface area contributed by atoms with Gasteiger partial charge < -0.3 is 4.74 Å². The van der Waals surface area contributed by atoms with Crippen molar-refractivity contribution in [3.05, 3.63) is 54.4 Å². The molecule has 0 amide bonds. The number of methoxy groups -OCH3 is 1. The Bertz CT molecular complexity index is 701. The predicted molar refractivity (Wildman–Crippen MR) is 71.9 cm³/mol. The lowest BCUT2D eigenvalue weighted by Crippen LogP contribution is -1.89. The van der Waals surface area contributed by atoms with E-state index in [2.05, 4.69) is 34.5 Å². The van der Waals surface area contributed by atoms with Crippen LogP contribution in [0.25, 0.3) is 16.9 Å². The minimum absolute atomic E-state index is 0.856. The van der Waals surface area contributed by atoms with E-state index in [9.17, 15) is 0 Å². The minimum Gasteiger partial charge on any atom is -0.497 e. The molecule has 3 rings (SSSR count). The third-order valence-electron chi connectivity index (χ3n) is 3.03. The Hall–Kier alpha value is -2.29.